The zero-order valence-electron chi connectivity index (χ0n) is 12.6. The fourth-order valence-corrected chi connectivity index (χ4v) is 1.75. The van der Waals surface area contributed by atoms with Crippen molar-refractivity contribution in [3.8, 4) is 0 Å². The summed E-state index contributed by atoms with van der Waals surface area (Å²) in [5.41, 5.74) is 1.20. The van der Waals surface area contributed by atoms with Crippen LogP contribution in [0.1, 0.15) is 27.2 Å². The molecule has 1 rings (SSSR count). The van der Waals surface area contributed by atoms with Crippen LogP contribution in [0.2, 0.25) is 0 Å². The van der Waals surface area contributed by atoms with Crippen molar-refractivity contribution in [2.45, 2.75) is 33.2 Å². The summed E-state index contributed by atoms with van der Waals surface area (Å²) >= 11 is 0. The van der Waals surface area contributed by atoms with Crippen molar-refractivity contribution in [3.05, 3.63) is 28.3 Å². The highest BCUT2D eigenvalue weighted by Gasteiger charge is 2.10. The van der Waals surface area contributed by atoms with Gasteiger partial charge in [-0.1, -0.05) is 6.92 Å². The average molecular weight is 294 g/mol. The standard InChI is InChI=1S/C14H22N4O3/c1-4-5-15-11-6-12(8-13(7-11)18(20)21)16-9-14(19)17-10(2)3/h6-8,10,15-16H,4-5,9H2,1-3H3,(H,17,19). The number of benzene rings is 1. The van der Waals surface area contributed by atoms with E-state index in [1.807, 2.05) is 20.8 Å². The molecule has 0 heterocycles. The summed E-state index contributed by atoms with van der Waals surface area (Å²) in [4.78, 5) is 22.1. The van der Waals surface area contributed by atoms with Gasteiger partial charge in [0, 0.05) is 36.1 Å². The van der Waals surface area contributed by atoms with Crippen molar-refractivity contribution >= 4 is 23.0 Å². The van der Waals surface area contributed by atoms with Crippen LogP contribution in [0.5, 0.6) is 0 Å². The maximum atomic E-state index is 11.6. The van der Waals surface area contributed by atoms with E-state index in [4.69, 9.17) is 0 Å². The first kappa shape index (κ1) is 16.7. The Morgan fingerprint density at radius 3 is 2.38 bits per heavy atom. The predicted molar refractivity (Wildman–Crippen MR) is 83.6 cm³/mol. The third-order valence-corrected chi connectivity index (χ3v) is 2.61. The Kier molecular flexibility index (Phi) is 6.45. The summed E-state index contributed by atoms with van der Waals surface area (Å²) in [5, 5.41) is 19.7. The topological polar surface area (TPSA) is 96.3 Å². The van der Waals surface area contributed by atoms with Gasteiger partial charge < -0.3 is 16.0 Å². The number of nitrogens with one attached hydrogen (secondary N) is 3. The van der Waals surface area contributed by atoms with Gasteiger partial charge in [0.05, 0.1) is 11.5 Å². The minimum absolute atomic E-state index is 0.0112. The molecule has 0 unspecified atom stereocenters. The largest absolute Gasteiger partial charge is 0.385 e. The quantitative estimate of drug-likeness (QED) is 0.505. The number of carbonyl (C=O) groups excluding carboxylic acids is 1. The highest BCUT2D eigenvalue weighted by molar-refractivity contribution is 5.81. The number of hydrogen-bond donors (Lipinski definition) is 3. The Morgan fingerprint density at radius 2 is 1.86 bits per heavy atom. The van der Waals surface area contributed by atoms with Crippen molar-refractivity contribution < 1.29 is 9.72 Å². The second-order valence-electron chi connectivity index (χ2n) is 5.03. The number of nitrogens with zero attached hydrogens (tertiary/aromatic N) is 1. The van der Waals surface area contributed by atoms with Crippen LogP contribution in [0.3, 0.4) is 0 Å². The molecule has 7 nitrogen and oxygen atoms in total. The van der Waals surface area contributed by atoms with Gasteiger partial charge >= 0.3 is 0 Å². The van der Waals surface area contributed by atoms with Gasteiger partial charge in [0.2, 0.25) is 5.91 Å². The number of nitro benzene ring substituents is 1. The van der Waals surface area contributed by atoms with Crippen LogP contribution < -0.4 is 16.0 Å². The average Bonchev–Trinajstić information content (AvgIpc) is 2.42. The predicted octanol–water partition coefficient (Wildman–Crippen LogP) is 2.35. The lowest BCUT2D eigenvalue weighted by molar-refractivity contribution is -0.384. The molecule has 7 heteroatoms. The monoisotopic (exact) mass is 294 g/mol. The number of rotatable bonds is 8. The molecule has 21 heavy (non-hydrogen) atoms. The lowest BCUT2D eigenvalue weighted by Crippen LogP contribution is -2.34. The van der Waals surface area contributed by atoms with Crippen LogP contribution in [0.15, 0.2) is 18.2 Å². The molecule has 0 spiro atoms. The van der Waals surface area contributed by atoms with Crippen LogP contribution in [-0.2, 0) is 4.79 Å². The Balaban J connectivity index is 2.77. The van der Waals surface area contributed by atoms with Gasteiger partial charge in [0.1, 0.15) is 0 Å². The molecule has 116 valence electrons. The van der Waals surface area contributed by atoms with E-state index < -0.39 is 4.92 Å². The highest BCUT2D eigenvalue weighted by Crippen LogP contribution is 2.24. The van der Waals surface area contributed by atoms with Crippen molar-refractivity contribution in [3.63, 3.8) is 0 Å². The summed E-state index contributed by atoms with van der Waals surface area (Å²) < 4.78 is 0. The number of hydrogen-bond acceptors (Lipinski definition) is 5. The Bertz CT molecular complexity index is 503. The fraction of sp³-hybridized carbons (Fsp3) is 0.500. The number of nitro groups is 1. The number of non-ortho nitro benzene ring substituents is 1. The Labute approximate surface area is 124 Å². The molecule has 1 aromatic carbocycles. The molecular formula is C14H22N4O3. The molecular weight excluding hydrogens is 272 g/mol. The maximum absolute atomic E-state index is 11.6. The van der Waals surface area contributed by atoms with Crippen LogP contribution in [0, 0.1) is 10.1 Å². The zero-order valence-corrected chi connectivity index (χ0v) is 12.6. The van der Waals surface area contributed by atoms with Gasteiger partial charge in [-0.3, -0.25) is 14.9 Å². The number of carbonyl (C=O) groups is 1. The molecule has 0 saturated carbocycles. The Morgan fingerprint density at radius 1 is 1.24 bits per heavy atom. The Hall–Kier alpha value is -2.31. The molecule has 1 amide bonds. The molecule has 1 aromatic rings. The van der Waals surface area contributed by atoms with Crippen LogP contribution in [0.25, 0.3) is 0 Å². The molecule has 0 aliphatic heterocycles. The van der Waals surface area contributed by atoms with Crippen LogP contribution >= 0.6 is 0 Å². The van der Waals surface area contributed by atoms with E-state index in [1.165, 1.54) is 12.1 Å². The third kappa shape index (κ3) is 6.11. The maximum Gasteiger partial charge on any atom is 0.273 e. The van der Waals surface area contributed by atoms with E-state index in [0.717, 1.165) is 13.0 Å². The summed E-state index contributed by atoms with van der Waals surface area (Å²) in [6.07, 6.45) is 0.919. The van der Waals surface area contributed by atoms with E-state index >= 15 is 0 Å². The normalized spacial score (nSPS) is 10.3. The van der Waals surface area contributed by atoms with E-state index in [0.29, 0.717) is 11.4 Å². The smallest absolute Gasteiger partial charge is 0.273 e. The lowest BCUT2D eigenvalue weighted by Gasteiger charge is -2.11. The van der Waals surface area contributed by atoms with Crippen LogP contribution in [-0.4, -0.2) is 30.0 Å². The van der Waals surface area contributed by atoms with Crippen molar-refractivity contribution in [2.24, 2.45) is 0 Å². The summed E-state index contributed by atoms with van der Waals surface area (Å²) in [5.74, 6) is -0.153. The van der Waals surface area contributed by atoms with E-state index in [9.17, 15) is 14.9 Å². The summed E-state index contributed by atoms with van der Waals surface area (Å²) in [7, 11) is 0. The molecule has 0 radical (unpaired) electrons. The molecule has 0 aliphatic carbocycles. The fourth-order valence-electron chi connectivity index (χ4n) is 1.75. The van der Waals surface area contributed by atoms with Crippen molar-refractivity contribution in [1.29, 1.82) is 0 Å². The molecule has 0 aliphatic rings. The second kappa shape index (κ2) is 8.08. The number of anilines is 2. The van der Waals surface area contributed by atoms with Crippen LogP contribution in [0.4, 0.5) is 17.1 Å². The summed E-state index contributed by atoms with van der Waals surface area (Å²) in [6, 6.07) is 4.71. The first-order chi connectivity index (χ1) is 9.92. The zero-order chi connectivity index (χ0) is 15.8. The molecule has 0 bridgehead atoms. The third-order valence-electron chi connectivity index (χ3n) is 2.61. The van der Waals surface area contributed by atoms with Gasteiger partial charge in [-0.05, 0) is 26.3 Å². The molecule has 3 N–H and O–H groups in total. The minimum atomic E-state index is -0.448. The SMILES string of the molecule is CCCNc1cc(NCC(=O)NC(C)C)cc([N+](=O)[O-])c1. The van der Waals surface area contributed by atoms with E-state index in [1.54, 1.807) is 6.07 Å². The molecule has 0 saturated heterocycles. The van der Waals surface area contributed by atoms with Gasteiger partial charge in [0.25, 0.3) is 5.69 Å². The van der Waals surface area contributed by atoms with Gasteiger partial charge in [-0.25, -0.2) is 0 Å². The minimum Gasteiger partial charge on any atom is -0.385 e. The van der Waals surface area contributed by atoms with Crippen molar-refractivity contribution in [1.82, 2.24) is 5.32 Å². The first-order valence-electron chi connectivity index (χ1n) is 6.99. The molecule has 0 fully saturated rings. The van der Waals surface area contributed by atoms with Gasteiger partial charge in [-0.15, -0.1) is 0 Å². The second-order valence-corrected chi connectivity index (χ2v) is 5.03. The lowest BCUT2D eigenvalue weighted by atomic mass is 10.2. The summed E-state index contributed by atoms with van der Waals surface area (Å²) in [6.45, 7) is 6.57. The van der Waals surface area contributed by atoms with Gasteiger partial charge in [0.15, 0.2) is 0 Å². The van der Waals surface area contributed by atoms with Crippen molar-refractivity contribution in [2.75, 3.05) is 23.7 Å². The van der Waals surface area contributed by atoms with E-state index in [2.05, 4.69) is 16.0 Å². The van der Waals surface area contributed by atoms with E-state index in [-0.39, 0.29) is 24.2 Å². The first-order valence-corrected chi connectivity index (χ1v) is 6.99. The molecule has 0 atom stereocenters. The van der Waals surface area contributed by atoms with Gasteiger partial charge in [-0.2, -0.15) is 0 Å². The highest BCUT2D eigenvalue weighted by atomic mass is 16.6. The molecule has 0 aromatic heterocycles. The number of amides is 1.